The van der Waals surface area contributed by atoms with Gasteiger partial charge in [-0.3, -0.25) is 4.79 Å². The Morgan fingerprint density at radius 1 is 1.00 bits per heavy atom. The molecule has 0 aliphatic carbocycles. The molecule has 0 bridgehead atoms. The van der Waals surface area contributed by atoms with Crippen molar-refractivity contribution < 1.29 is 19.0 Å². The number of carbonyl (C=O) groups excluding carboxylic acids is 1. The van der Waals surface area contributed by atoms with E-state index in [0.717, 1.165) is 11.3 Å². The number of hydrogen-bond donors (Lipinski definition) is 1. The molecule has 0 saturated heterocycles. The fourth-order valence-electron chi connectivity index (χ4n) is 2.49. The maximum Gasteiger partial charge on any atom is 0.223 e. The fraction of sp³-hybridized carbons (Fsp3) is 0.381. The summed E-state index contributed by atoms with van der Waals surface area (Å²) in [6, 6.07) is 13.5. The van der Waals surface area contributed by atoms with Crippen molar-refractivity contribution in [2.75, 3.05) is 20.8 Å². The van der Waals surface area contributed by atoms with E-state index in [1.165, 1.54) is 5.56 Å². The standard InChI is InChI=1S/C21H27NO4/c1-15(2)16-5-8-18(9-6-16)26-12-11-21(23)22-14-17-7-10-19(24-3)13-20(17)25-4/h5-10,13,15H,11-12,14H2,1-4H3,(H,22,23). The third-order valence-electron chi connectivity index (χ3n) is 4.11. The number of methoxy groups -OCH3 is 2. The van der Waals surface area contributed by atoms with Gasteiger partial charge in [0.05, 0.1) is 27.2 Å². The minimum atomic E-state index is -0.0679. The van der Waals surface area contributed by atoms with Crippen LogP contribution in [0, 0.1) is 0 Å². The zero-order chi connectivity index (χ0) is 18.9. The molecule has 2 rings (SSSR count). The lowest BCUT2D eigenvalue weighted by atomic mass is 10.0. The minimum Gasteiger partial charge on any atom is -0.497 e. The summed E-state index contributed by atoms with van der Waals surface area (Å²) >= 11 is 0. The molecule has 140 valence electrons. The second kappa shape index (κ2) is 9.70. The predicted octanol–water partition coefficient (Wildman–Crippen LogP) is 3.91. The summed E-state index contributed by atoms with van der Waals surface area (Å²) in [7, 11) is 3.20. The third kappa shape index (κ3) is 5.69. The summed E-state index contributed by atoms with van der Waals surface area (Å²) in [5.41, 5.74) is 2.16. The molecule has 0 heterocycles. The lowest BCUT2D eigenvalue weighted by Gasteiger charge is -2.12. The van der Waals surface area contributed by atoms with Crippen molar-refractivity contribution in [2.24, 2.45) is 0 Å². The van der Waals surface area contributed by atoms with Crippen molar-refractivity contribution in [3.63, 3.8) is 0 Å². The van der Waals surface area contributed by atoms with E-state index in [4.69, 9.17) is 14.2 Å². The average molecular weight is 357 g/mol. The molecule has 2 aromatic rings. The van der Waals surface area contributed by atoms with Crippen LogP contribution < -0.4 is 19.5 Å². The van der Waals surface area contributed by atoms with Crippen LogP contribution in [0.1, 0.15) is 37.3 Å². The molecule has 26 heavy (non-hydrogen) atoms. The summed E-state index contributed by atoms with van der Waals surface area (Å²) in [5, 5.41) is 2.88. The van der Waals surface area contributed by atoms with Crippen LogP contribution in [0.4, 0.5) is 0 Å². The van der Waals surface area contributed by atoms with E-state index >= 15 is 0 Å². The highest BCUT2D eigenvalue weighted by molar-refractivity contribution is 5.76. The fourth-order valence-corrected chi connectivity index (χ4v) is 2.49. The van der Waals surface area contributed by atoms with E-state index < -0.39 is 0 Å². The van der Waals surface area contributed by atoms with Gasteiger partial charge in [-0.25, -0.2) is 0 Å². The van der Waals surface area contributed by atoms with Crippen LogP contribution >= 0.6 is 0 Å². The number of ether oxygens (including phenoxy) is 3. The normalized spacial score (nSPS) is 10.5. The summed E-state index contributed by atoms with van der Waals surface area (Å²) in [5.74, 6) is 2.60. The Morgan fingerprint density at radius 3 is 2.31 bits per heavy atom. The van der Waals surface area contributed by atoms with Crippen LogP contribution in [0.25, 0.3) is 0 Å². The van der Waals surface area contributed by atoms with Gasteiger partial charge in [0.15, 0.2) is 0 Å². The Balaban J connectivity index is 1.77. The molecule has 0 radical (unpaired) electrons. The van der Waals surface area contributed by atoms with E-state index in [0.29, 0.717) is 37.0 Å². The average Bonchev–Trinajstić information content (AvgIpc) is 2.66. The second-order valence-corrected chi connectivity index (χ2v) is 6.28. The number of nitrogens with one attached hydrogen (secondary N) is 1. The van der Waals surface area contributed by atoms with E-state index in [1.54, 1.807) is 20.3 Å². The number of rotatable bonds is 9. The van der Waals surface area contributed by atoms with E-state index in [2.05, 4.69) is 31.3 Å². The monoisotopic (exact) mass is 357 g/mol. The summed E-state index contributed by atoms with van der Waals surface area (Å²) in [6.07, 6.45) is 0.296. The Hall–Kier alpha value is -2.69. The summed E-state index contributed by atoms with van der Waals surface area (Å²) in [4.78, 5) is 12.0. The Morgan fingerprint density at radius 2 is 1.69 bits per heavy atom. The predicted molar refractivity (Wildman–Crippen MR) is 102 cm³/mol. The van der Waals surface area contributed by atoms with Gasteiger partial charge in [0.1, 0.15) is 17.2 Å². The van der Waals surface area contributed by atoms with Crippen LogP contribution in [0.3, 0.4) is 0 Å². The van der Waals surface area contributed by atoms with Crippen molar-refractivity contribution in [3.8, 4) is 17.2 Å². The van der Waals surface area contributed by atoms with Crippen molar-refractivity contribution in [3.05, 3.63) is 53.6 Å². The molecule has 5 heteroatoms. The van der Waals surface area contributed by atoms with Crippen LogP contribution in [0.15, 0.2) is 42.5 Å². The summed E-state index contributed by atoms with van der Waals surface area (Å²) in [6.45, 7) is 5.04. The number of amides is 1. The number of carbonyl (C=O) groups is 1. The van der Waals surface area contributed by atoms with Gasteiger partial charge in [0, 0.05) is 18.2 Å². The molecule has 0 spiro atoms. The zero-order valence-corrected chi connectivity index (χ0v) is 15.9. The lowest BCUT2D eigenvalue weighted by Crippen LogP contribution is -2.24. The van der Waals surface area contributed by atoms with E-state index in [-0.39, 0.29) is 5.91 Å². The van der Waals surface area contributed by atoms with Gasteiger partial charge in [-0.05, 0) is 35.7 Å². The Bertz CT molecular complexity index is 710. The first kappa shape index (κ1) is 19.6. The van der Waals surface area contributed by atoms with E-state index in [9.17, 15) is 4.79 Å². The third-order valence-corrected chi connectivity index (χ3v) is 4.11. The van der Waals surface area contributed by atoms with Crippen LogP contribution in [-0.2, 0) is 11.3 Å². The van der Waals surface area contributed by atoms with Gasteiger partial charge in [0.2, 0.25) is 5.91 Å². The molecule has 0 aromatic heterocycles. The Labute approximate surface area is 155 Å². The van der Waals surface area contributed by atoms with Crippen molar-refractivity contribution >= 4 is 5.91 Å². The molecule has 0 fully saturated rings. The SMILES string of the molecule is COc1ccc(CNC(=O)CCOc2ccc(C(C)C)cc2)c(OC)c1. The molecule has 1 amide bonds. The molecule has 1 N–H and O–H groups in total. The van der Waals surface area contributed by atoms with Gasteiger partial charge in [0.25, 0.3) is 0 Å². The molecule has 0 aliphatic heterocycles. The molecule has 2 aromatic carbocycles. The lowest BCUT2D eigenvalue weighted by molar-refractivity contribution is -0.121. The van der Waals surface area contributed by atoms with Gasteiger partial charge in [-0.15, -0.1) is 0 Å². The maximum absolute atomic E-state index is 12.0. The summed E-state index contributed by atoms with van der Waals surface area (Å²) < 4.78 is 16.1. The Kier molecular flexibility index (Phi) is 7.33. The number of benzene rings is 2. The number of hydrogen-bond acceptors (Lipinski definition) is 4. The maximum atomic E-state index is 12.0. The van der Waals surface area contributed by atoms with Gasteiger partial charge in [-0.1, -0.05) is 26.0 Å². The van der Waals surface area contributed by atoms with Gasteiger partial charge < -0.3 is 19.5 Å². The van der Waals surface area contributed by atoms with Crippen molar-refractivity contribution in [1.82, 2.24) is 5.32 Å². The molecule has 0 unspecified atom stereocenters. The highest BCUT2D eigenvalue weighted by Crippen LogP contribution is 2.24. The van der Waals surface area contributed by atoms with Gasteiger partial charge >= 0.3 is 0 Å². The van der Waals surface area contributed by atoms with Crippen LogP contribution in [-0.4, -0.2) is 26.7 Å². The van der Waals surface area contributed by atoms with Crippen LogP contribution in [0.5, 0.6) is 17.2 Å². The quantitative estimate of drug-likeness (QED) is 0.739. The van der Waals surface area contributed by atoms with Crippen LogP contribution in [0.2, 0.25) is 0 Å². The molecule has 5 nitrogen and oxygen atoms in total. The minimum absolute atomic E-state index is 0.0679. The highest BCUT2D eigenvalue weighted by atomic mass is 16.5. The molecule has 0 saturated carbocycles. The molecule has 0 aliphatic rings. The molecular formula is C21H27NO4. The van der Waals surface area contributed by atoms with Crippen molar-refractivity contribution in [2.45, 2.75) is 32.7 Å². The first-order valence-electron chi connectivity index (χ1n) is 8.74. The first-order valence-corrected chi connectivity index (χ1v) is 8.74. The molecule has 0 atom stereocenters. The highest BCUT2D eigenvalue weighted by Gasteiger charge is 2.08. The second-order valence-electron chi connectivity index (χ2n) is 6.28. The topological polar surface area (TPSA) is 56.8 Å². The first-order chi connectivity index (χ1) is 12.5. The zero-order valence-electron chi connectivity index (χ0n) is 15.9. The largest absolute Gasteiger partial charge is 0.497 e. The van der Waals surface area contributed by atoms with E-state index in [1.807, 2.05) is 24.3 Å². The van der Waals surface area contributed by atoms with Crippen molar-refractivity contribution in [1.29, 1.82) is 0 Å². The van der Waals surface area contributed by atoms with Gasteiger partial charge in [-0.2, -0.15) is 0 Å². The molecular weight excluding hydrogens is 330 g/mol. The smallest absolute Gasteiger partial charge is 0.223 e.